The average Bonchev–Trinajstić information content (AvgIpc) is 3.18. The van der Waals surface area contributed by atoms with E-state index in [1.807, 2.05) is 6.07 Å². The fourth-order valence-electron chi connectivity index (χ4n) is 2.87. The summed E-state index contributed by atoms with van der Waals surface area (Å²) >= 11 is 0. The summed E-state index contributed by atoms with van der Waals surface area (Å²) in [6.45, 7) is 3.17. The van der Waals surface area contributed by atoms with Crippen LogP contribution in [0.15, 0.2) is 81.1 Å². The highest BCUT2D eigenvalue weighted by Crippen LogP contribution is 2.31. The summed E-state index contributed by atoms with van der Waals surface area (Å²) < 4.78 is 59.6. The molecule has 1 heterocycles. The van der Waals surface area contributed by atoms with Crippen LogP contribution in [-0.4, -0.2) is 23.4 Å². The first-order chi connectivity index (χ1) is 13.2. The van der Waals surface area contributed by atoms with Crippen molar-refractivity contribution < 1.29 is 21.3 Å². The van der Waals surface area contributed by atoms with E-state index in [0.717, 1.165) is 5.56 Å². The Morgan fingerprint density at radius 1 is 0.929 bits per heavy atom. The van der Waals surface area contributed by atoms with Crippen molar-refractivity contribution in [2.24, 2.45) is 0 Å². The summed E-state index contributed by atoms with van der Waals surface area (Å²) in [6, 6.07) is 16.1. The molecule has 6 nitrogen and oxygen atoms in total. The Balaban J connectivity index is 1.98. The molecule has 0 bridgehead atoms. The zero-order valence-electron chi connectivity index (χ0n) is 15.5. The number of sulfone groups is 1. The maximum absolute atomic E-state index is 13.4. The van der Waals surface area contributed by atoms with Gasteiger partial charge in [0, 0.05) is 6.54 Å². The molecule has 3 rings (SSSR count). The maximum Gasteiger partial charge on any atom is 0.240 e. The van der Waals surface area contributed by atoms with Crippen LogP contribution in [0, 0.1) is 13.8 Å². The van der Waals surface area contributed by atoms with E-state index in [9.17, 15) is 16.8 Å². The van der Waals surface area contributed by atoms with Gasteiger partial charge < -0.3 is 4.42 Å². The summed E-state index contributed by atoms with van der Waals surface area (Å²) in [5.74, 6) is 0.177. The Kier molecular flexibility index (Phi) is 5.74. The quantitative estimate of drug-likeness (QED) is 0.634. The third kappa shape index (κ3) is 4.19. The second-order valence-corrected chi connectivity index (χ2v) is 10.3. The van der Waals surface area contributed by atoms with Crippen molar-refractivity contribution in [1.29, 1.82) is 0 Å². The molecule has 0 spiro atoms. The van der Waals surface area contributed by atoms with Crippen LogP contribution in [0.25, 0.3) is 0 Å². The molecule has 3 aromatic rings. The zero-order valence-corrected chi connectivity index (χ0v) is 17.1. The van der Waals surface area contributed by atoms with Gasteiger partial charge in [0.05, 0.1) is 16.1 Å². The molecule has 0 saturated carbocycles. The van der Waals surface area contributed by atoms with E-state index >= 15 is 0 Å². The highest BCUT2D eigenvalue weighted by atomic mass is 32.2. The number of hydrogen-bond acceptors (Lipinski definition) is 5. The Hall–Kier alpha value is -2.42. The molecule has 0 aliphatic carbocycles. The van der Waals surface area contributed by atoms with E-state index in [-0.39, 0.29) is 22.1 Å². The van der Waals surface area contributed by atoms with Crippen LogP contribution in [0.3, 0.4) is 0 Å². The standard InChI is InChI=1S/C20H21NO5S2/c1-15-10-11-16(2)19(13-15)27(22,23)20(18-9-6-12-26-18)14-21-28(24,25)17-7-4-3-5-8-17/h3-13,20-21H,14H2,1-2H3/t20-/m1/s1. The van der Waals surface area contributed by atoms with Gasteiger partial charge in [-0.1, -0.05) is 30.3 Å². The van der Waals surface area contributed by atoms with Crippen LogP contribution in [0.5, 0.6) is 0 Å². The first kappa shape index (κ1) is 20.3. The molecule has 0 fully saturated rings. The average molecular weight is 420 g/mol. The smallest absolute Gasteiger partial charge is 0.240 e. The summed E-state index contributed by atoms with van der Waals surface area (Å²) in [4.78, 5) is 0.227. The molecule has 1 aromatic heterocycles. The van der Waals surface area contributed by atoms with Crippen molar-refractivity contribution in [2.45, 2.75) is 28.9 Å². The van der Waals surface area contributed by atoms with Gasteiger partial charge in [0.1, 0.15) is 11.0 Å². The molecule has 0 unspecified atom stereocenters. The van der Waals surface area contributed by atoms with Gasteiger partial charge in [-0.2, -0.15) is 0 Å². The Morgan fingerprint density at radius 2 is 1.64 bits per heavy atom. The van der Waals surface area contributed by atoms with Crippen molar-refractivity contribution in [3.63, 3.8) is 0 Å². The molecule has 148 valence electrons. The van der Waals surface area contributed by atoms with E-state index < -0.39 is 25.1 Å². The Bertz CT molecular complexity index is 1150. The van der Waals surface area contributed by atoms with Gasteiger partial charge in [-0.25, -0.2) is 21.6 Å². The second kappa shape index (κ2) is 7.90. The molecule has 0 saturated heterocycles. The largest absolute Gasteiger partial charge is 0.468 e. The lowest BCUT2D eigenvalue weighted by molar-refractivity contribution is 0.486. The van der Waals surface area contributed by atoms with E-state index in [1.165, 1.54) is 24.5 Å². The lowest BCUT2D eigenvalue weighted by Gasteiger charge is -2.18. The van der Waals surface area contributed by atoms with E-state index in [1.54, 1.807) is 50.2 Å². The van der Waals surface area contributed by atoms with E-state index in [0.29, 0.717) is 5.56 Å². The van der Waals surface area contributed by atoms with Gasteiger partial charge in [0.15, 0.2) is 9.84 Å². The third-order valence-corrected chi connectivity index (χ3v) is 8.04. The molecule has 8 heteroatoms. The SMILES string of the molecule is Cc1ccc(C)c(S(=O)(=O)[C@H](CNS(=O)(=O)c2ccccc2)c2ccco2)c1. The minimum atomic E-state index is -3.90. The first-order valence-corrected chi connectivity index (χ1v) is 11.6. The number of aryl methyl sites for hydroxylation is 2. The van der Waals surface area contributed by atoms with Crippen LogP contribution in [0.2, 0.25) is 0 Å². The fraction of sp³-hybridized carbons (Fsp3) is 0.200. The first-order valence-electron chi connectivity index (χ1n) is 8.61. The van der Waals surface area contributed by atoms with Gasteiger partial charge in [-0.3, -0.25) is 0 Å². The second-order valence-electron chi connectivity index (χ2n) is 6.48. The van der Waals surface area contributed by atoms with Crippen LogP contribution < -0.4 is 4.72 Å². The normalized spacial score (nSPS) is 13.4. The number of rotatable bonds is 7. The molecular weight excluding hydrogens is 398 g/mol. The monoisotopic (exact) mass is 419 g/mol. The van der Waals surface area contributed by atoms with Gasteiger partial charge >= 0.3 is 0 Å². The number of sulfonamides is 1. The Morgan fingerprint density at radius 3 is 2.29 bits per heavy atom. The lowest BCUT2D eigenvalue weighted by atomic mass is 10.2. The number of hydrogen-bond donors (Lipinski definition) is 1. The van der Waals surface area contributed by atoms with E-state index in [4.69, 9.17) is 4.42 Å². The maximum atomic E-state index is 13.4. The molecule has 28 heavy (non-hydrogen) atoms. The summed E-state index contributed by atoms with van der Waals surface area (Å²) in [5.41, 5.74) is 1.39. The minimum Gasteiger partial charge on any atom is -0.468 e. The molecule has 1 atom stereocenters. The predicted molar refractivity (Wildman–Crippen MR) is 106 cm³/mol. The highest BCUT2D eigenvalue weighted by Gasteiger charge is 2.34. The third-order valence-electron chi connectivity index (χ3n) is 4.40. The number of furan rings is 1. The molecule has 0 amide bonds. The van der Waals surface area contributed by atoms with Crippen molar-refractivity contribution in [3.05, 3.63) is 83.8 Å². The minimum absolute atomic E-state index is 0.0670. The lowest BCUT2D eigenvalue weighted by Crippen LogP contribution is -2.32. The van der Waals surface area contributed by atoms with Gasteiger partial charge in [0.25, 0.3) is 0 Å². The number of benzene rings is 2. The van der Waals surface area contributed by atoms with Gasteiger partial charge in [-0.15, -0.1) is 0 Å². The predicted octanol–water partition coefficient (Wildman–Crippen LogP) is 3.39. The zero-order chi connectivity index (χ0) is 20.4. The van der Waals surface area contributed by atoms with Crippen LogP contribution in [-0.2, 0) is 19.9 Å². The molecule has 0 aliphatic heterocycles. The van der Waals surface area contributed by atoms with Crippen LogP contribution in [0.1, 0.15) is 22.1 Å². The van der Waals surface area contributed by atoms with E-state index in [2.05, 4.69) is 4.72 Å². The fourth-order valence-corrected chi connectivity index (χ4v) is 5.96. The molecule has 0 radical (unpaired) electrons. The van der Waals surface area contributed by atoms with Crippen molar-refractivity contribution in [3.8, 4) is 0 Å². The van der Waals surface area contributed by atoms with Crippen molar-refractivity contribution >= 4 is 19.9 Å². The molecule has 2 aromatic carbocycles. The number of nitrogens with one attached hydrogen (secondary N) is 1. The van der Waals surface area contributed by atoms with Crippen molar-refractivity contribution in [1.82, 2.24) is 4.72 Å². The van der Waals surface area contributed by atoms with Crippen molar-refractivity contribution in [2.75, 3.05) is 6.54 Å². The highest BCUT2D eigenvalue weighted by molar-refractivity contribution is 7.92. The van der Waals surface area contributed by atoms with Crippen LogP contribution in [0.4, 0.5) is 0 Å². The summed E-state index contributed by atoms with van der Waals surface area (Å²) in [5, 5.41) is -1.19. The molecule has 1 N–H and O–H groups in total. The summed E-state index contributed by atoms with van der Waals surface area (Å²) in [7, 11) is -7.77. The molecule has 0 aliphatic rings. The topological polar surface area (TPSA) is 93.5 Å². The van der Waals surface area contributed by atoms with Gasteiger partial charge in [-0.05, 0) is 55.3 Å². The Labute approximate surface area is 165 Å². The van der Waals surface area contributed by atoms with Crippen LogP contribution >= 0.6 is 0 Å². The summed E-state index contributed by atoms with van der Waals surface area (Å²) in [6.07, 6.45) is 1.37. The van der Waals surface area contributed by atoms with Gasteiger partial charge in [0.2, 0.25) is 10.0 Å². The molecular formula is C20H21NO5S2.